The third-order valence-corrected chi connectivity index (χ3v) is 1.41. The Kier molecular flexibility index (Phi) is 13.1. The fraction of sp³-hybridized carbons (Fsp3) is 0.900. The SMILES string of the molecule is CC.CC(C)C(=O)NCCCCO.[HH]. The van der Waals surface area contributed by atoms with Crippen molar-refractivity contribution in [3.05, 3.63) is 0 Å². The van der Waals surface area contributed by atoms with E-state index in [1.54, 1.807) is 0 Å². The van der Waals surface area contributed by atoms with Crippen molar-refractivity contribution < 1.29 is 11.3 Å². The van der Waals surface area contributed by atoms with Gasteiger partial charge >= 0.3 is 0 Å². The minimum absolute atomic E-state index is 0. The van der Waals surface area contributed by atoms with Gasteiger partial charge in [0.05, 0.1) is 0 Å². The van der Waals surface area contributed by atoms with Crippen molar-refractivity contribution >= 4 is 5.91 Å². The average Bonchev–Trinajstić information content (AvgIpc) is 2.15. The van der Waals surface area contributed by atoms with E-state index in [0.29, 0.717) is 6.54 Å². The number of nitrogens with one attached hydrogen (secondary N) is 1. The largest absolute Gasteiger partial charge is 0.396 e. The van der Waals surface area contributed by atoms with Crippen molar-refractivity contribution in [3.63, 3.8) is 0 Å². The lowest BCUT2D eigenvalue weighted by atomic mass is 10.2. The molecule has 0 saturated carbocycles. The van der Waals surface area contributed by atoms with Crippen LogP contribution in [0.15, 0.2) is 0 Å². The normalized spacial score (nSPS) is 9.08. The first-order chi connectivity index (χ1) is 6.18. The molecule has 0 rings (SSSR count). The van der Waals surface area contributed by atoms with Gasteiger partial charge in [-0.3, -0.25) is 4.79 Å². The van der Waals surface area contributed by atoms with Gasteiger partial charge in [0.25, 0.3) is 0 Å². The summed E-state index contributed by atoms with van der Waals surface area (Å²) in [6.07, 6.45) is 1.62. The minimum Gasteiger partial charge on any atom is -0.396 e. The van der Waals surface area contributed by atoms with E-state index in [0.717, 1.165) is 12.8 Å². The first-order valence-corrected chi connectivity index (χ1v) is 5.07. The molecule has 0 radical (unpaired) electrons. The maximum Gasteiger partial charge on any atom is 0.222 e. The van der Waals surface area contributed by atoms with Gasteiger partial charge in [-0.25, -0.2) is 0 Å². The van der Waals surface area contributed by atoms with Gasteiger partial charge in [-0.2, -0.15) is 0 Å². The molecule has 0 aromatic heterocycles. The molecule has 0 aliphatic heterocycles. The van der Waals surface area contributed by atoms with Crippen LogP contribution in [0.1, 0.15) is 42.0 Å². The molecule has 2 N–H and O–H groups in total. The van der Waals surface area contributed by atoms with E-state index >= 15 is 0 Å². The van der Waals surface area contributed by atoms with Crippen LogP contribution in [0, 0.1) is 5.92 Å². The molecule has 0 heterocycles. The number of hydrogen-bond acceptors (Lipinski definition) is 2. The number of aliphatic hydroxyl groups is 1. The van der Waals surface area contributed by atoms with Crippen LogP contribution in [0.3, 0.4) is 0 Å². The van der Waals surface area contributed by atoms with Gasteiger partial charge in [-0.15, -0.1) is 0 Å². The Morgan fingerprint density at radius 2 is 1.92 bits per heavy atom. The number of rotatable bonds is 5. The van der Waals surface area contributed by atoms with Crippen LogP contribution in [-0.4, -0.2) is 24.2 Å². The summed E-state index contributed by atoms with van der Waals surface area (Å²) in [4.78, 5) is 10.9. The van der Waals surface area contributed by atoms with E-state index in [1.165, 1.54) is 0 Å². The Balaban J connectivity index is -0.000000376. The third-order valence-electron chi connectivity index (χ3n) is 1.41. The fourth-order valence-corrected chi connectivity index (χ4v) is 0.653. The van der Waals surface area contributed by atoms with Gasteiger partial charge in [0.2, 0.25) is 5.91 Å². The lowest BCUT2D eigenvalue weighted by Gasteiger charge is -2.05. The maximum atomic E-state index is 10.9. The summed E-state index contributed by atoms with van der Waals surface area (Å²) in [5, 5.41) is 11.2. The summed E-state index contributed by atoms with van der Waals surface area (Å²) in [6, 6.07) is 0. The molecule has 1 amide bonds. The van der Waals surface area contributed by atoms with Gasteiger partial charge in [0.1, 0.15) is 0 Å². The molecule has 0 atom stereocenters. The molecule has 0 spiro atoms. The van der Waals surface area contributed by atoms with Crippen molar-refractivity contribution in [2.75, 3.05) is 13.2 Å². The van der Waals surface area contributed by atoms with Gasteiger partial charge in [-0.1, -0.05) is 27.7 Å². The second-order valence-corrected chi connectivity index (χ2v) is 2.88. The highest BCUT2D eigenvalue weighted by Crippen LogP contribution is 1.91. The Morgan fingerprint density at radius 3 is 2.31 bits per heavy atom. The molecule has 0 bridgehead atoms. The number of aliphatic hydroxyl groups excluding tert-OH is 1. The van der Waals surface area contributed by atoms with Crippen molar-refractivity contribution in [3.8, 4) is 0 Å². The van der Waals surface area contributed by atoms with Gasteiger partial charge < -0.3 is 10.4 Å². The highest BCUT2D eigenvalue weighted by molar-refractivity contribution is 5.77. The van der Waals surface area contributed by atoms with E-state index in [1.807, 2.05) is 27.7 Å². The Morgan fingerprint density at radius 1 is 1.38 bits per heavy atom. The molecular formula is C10H25NO2. The maximum absolute atomic E-state index is 10.9. The van der Waals surface area contributed by atoms with Crippen LogP contribution in [0.4, 0.5) is 0 Å². The third kappa shape index (κ3) is 11.4. The number of hydrogen-bond donors (Lipinski definition) is 2. The monoisotopic (exact) mass is 191 g/mol. The van der Waals surface area contributed by atoms with Crippen molar-refractivity contribution in [2.45, 2.75) is 40.5 Å². The Hall–Kier alpha value is -0.570. The van der Waals surface area contributed by atoms with Crippen molar-refractivity contribution in [2.24, 2.45) is 5.92 Å². The van der Waals surface area contributed by atoms with Crippen LogP contribution in [0.5, 0.6) is 0 Å². The molecule has 3 heteroatoms. The lowest BCUT2D eigenvalue weighted by Crippen LogP contribution is -2.28. The lowest BCUT2D eigenvalue weighted by molar-refractivity contribution is -0.123. The van der Waals surface area contributed by atoms with E-state index < -0.39 is 0 Å². The zero-order valence-corrected chi connectivity index (χ0v) is 9.26. The fourth-order valence-electron chi connectivity index (χ4n) is 0.653. The van der Waals surface area contributed by atoms with Crippen LogP contribution in [0.25, 0.3) is 0 Å². The predicted molar refractivity (Wildman–Crippen MR) is 57.6 cm³/mol. The molecule has 0 aliphatic carbocycles. The minimum atomic E-state index is 0. The summed E-state index contributed by atoms with van der Waals surface area (Å²) >= 11 is 0. The van der Waals surface area contributed by atoms with E-state index in [9.17, 15) is 4.79 Å². The second-order valence-electron chi connectivity index (χ2n) is 2.88. The van der Waals surface area contributed by atoms with Gasteiger partial charge in [0.15, 0.2) is 0 Å². The molecule has 0 fully saturated rings. The smallest absolute Gasteiger partial charge is 0.222 e. The Labute approximate surface area is 83.0 Å². The number of unbranched alkanes of at least 4 members (excludes halogenated alkanes) is 1. The van der Waals surface area contributed by atoms with Crippen LogP contribution in [0.2, 0.25) is 0 Å². The zero-order valence-electron chi connectivity index (χ0n) is 9.26. The number of carbonyl (C=O) groups excluding carboxylic acids is 1. The van der Waals surface area contributed by atoms with E-state index in [4.69, 9.17) is 5.11 Å². The zero-order chi connectivity index (χ0) is 10.7. The molecule has 82 valence electrons. The van der Waals surface area contributed by atoms with Crippen LogP contribution < -0.4 is 5.32 Å². The van der Waals surface area contributed by atoms with E-state index in [2.05, 4.69) is 5.32 Å². The highest BCUT2D eigenvalue weighted by atomic mass is 16.2. The summed E-state index contributed by atoms with van der Waals surface area (Å²) in [7, 11) is 0. The molecule has 13 heavy (non-hydrogen) atoms. The summed E-state index contributed by atoms with van der Waals surface area (Å²) in [6.45, 7) is 8.61. The van der Waals surface area contributed by atoms with Crippen molar-refractivity contribution in [1.29, 1.82) is 0 Å². The topological polar surface area (TPSA) is 49.3 Å². The van der Waals surface area contributed by atoms with Crippen molar-refractivity contribution in [1.82, 2.24) is 5.32 Å². The second kappa shape index (κ2) is 11.4. The molecular weight excluding hydrogens is 166 g/mol. The summed E-state index contributed by atoms with van der Waals surface area (Å²) < 4.78 is 0. The average molecular weight is 191 g/mol. The molecule has 0 aromatic rings. The quantitative estimate of drug-likeness (QED) is 0.651. The van der Waals surface area contributed by atoms with Gasteiger partial charge in [-0.05, 0) is 12.8 Å². The molecule has 3 nitrogen and oxygen atoms in total. The van der Waals surface area contributed by atoms with Gasteiger partial charge in [0, 0.05) is 20.5 Å². The van der Waals surface area contributed by atoms with Crippen LogP contribution >= 0.6 is 0 Å². The standard InChI is InChI=1S/C8H17NO2.C2H6.H2/c1-7(2)8(11)9-5-3-4-6-10;1-2;/h7,10H,3-6H2,1-2H3,(H,9,11);1-2H3;1H. The molecule has 0 aromatic carbocycles. The first-order valence-electron chi connectivity index (χ1n) is 5.07. The predicted octanol–water partition coefficient (Wildman–Crippen LogP) is 1.80. The molecule has 0 unspecified atom stereocenters. The Bertz CT molecular complexity index is 119. The molecule has 0 saturated heterocycles. The van der Waals surface area contributed by atoms with E-state index in [-0.39, 0.29) is 19.9 Å². The summed E-state index contributed by atoms with van der Waals surface area (Å²) in [5.41, 5.74) is 0. The number of carbonyl (C=O) groups is 1. The number of amides is 1. The highest BCUT2D eigenvalue weighted by Gasteiger charge is 2.03. The first kappa shape index (κ1) is 14.9. The summed E-state index contributed by atoms with van der Waals surface area (Å²) in [5.74, 6) is 0.145. The molecule has 0 aliphatic rings. The van der Waals surface area contributed by atoms with Crippen LogP contribution in [-0.2, 0) is 4.79 Å².